The number of aliphatic imine (C=N–C) groups is 1. The van der Waals surface area contributed by atoms with Gasteiger partial charge in [0.25, 0.3) is 5.91 Å². The quantitative estimate of drug-likeness (QED) is 0.738. The van der Waals surface area contributed by atoms with E-state index in [1.807, 2.05) is 13.8 Å². The minimum Gasteiger partial charge on any atom is -0.375 e. The SMILES string of the molecule is CC.CN=C(C(=O)NC)c1csc(N)n1. The van der Waals surface area contributed by atoms with Crippen molar-refractivity contribution in [2.75, 3.05) is 19.8 Å². The average Bonchev–Trinajstić information content (AvgIpc) is 2.68. The van der Waals surface area contributed by atoms with Crippen LogP contribution in [0.5, 0.6) is 0 Å². The molecule has 0 aromatic carbocycles. The van der Waals surface area contributed by atoms with E-state index >= 15 is 0 Å². The monoisotopic (exact) mass is 228 g/mol. The molecular formula is C9H16N4OS. The standard InChI is InChI=1S/C7H10N4OS.C2H6/c1-9-5(6(12)10-2)4-3-13-7(8)11-4;1-2/h3H,1-2H3,(H2,8,11)(H,10,12);1-2H3. The van der Waals surface area contributed by atoms with Gasteiger partial charge in [0, 0.05) is 19.5 Å². The fourth-order valence-electron chi connectivity index (χ4n) is 0.847. The van der Waals surface area contributed by atoms with Crippen LogP contribution in [0.2, 0.25) is 0 Å². The maximum Gasteiger partial charge on any atom is 0.271 e. The summed E-state index contributed by atoms with van der Waals surface area (Å²) in [5, 5.41) is 4.61. The van der Waals surface area contributed by atoms with Crippen molar-refractivity contribution >= 4 is 28.1 Å². The fourth-order valence-corrected chi connectivity index (χ4v) is 1.39. The van der Waals surface area contributed by atoms with Crippen LogP contribution < -0.4 is 11.1 Å². The Morgan fingerprint density at radius 2 is 2.20 bits per heavy atom. The molecule has 0 spiro atoms. The number of nitrogens with one attached hydrogen (secondary N) is 1. The first-order valence-electron chi connectivity index (χ1n) is 4.59. The molecule has 0 fully saturated rings. The Balaban J connectivity index is 0.000000921. The van der Waals surface area contributed by atoms with Gasteiger partial charge in [-0.2, -0.15) is 0 Å². The molecule has 0 bridgehead atoms. The van der Waals surface area contributed by atoms with E-state index < -0.39 is 0 Å². The number of anilines is 1. The lowest BCUT2D eigenvalue weighted by atomic mass is 10.3. The van der Waals surface area contributed by atoms with Crippen molar-refractivity contribution in [1.82, 2.24) is 10.3 Å². The maximum atomic E-state index is 11.2. The first kappa shape index (κ1) is 13.6. The van der Waals surface area contributed by atoms with E-state index in [1.165, 1.54) is 11.3 Å². The van der Waals surface area contributed by atoms with Gasteiger partial charge in [0.2, 0.25) is 0 Å². The topological polar surface area (TPSA) is 80.4 Å². The van der Waals surface area contributed by atoms with Crippen molar-refractivity contribution in [3.8, 4) is 0 Å². The van der Waals surface area contributed by atoms with Crippen molar-refractivity contribution in [3.63, 3.8) is 0 Å². The number of carbonyl (C=O) groups is 1. The summed E-state index contributed by atoms with van der Waals surface area (Å²) in [7, 11) is 3.09. The molecule has 0 atom stereocenters. The van der Waals surface area contributed by atoms with Crippen LogP contribution in [0.4, 0.5) is 5.13 Å². The fraction of sp³-hybridized carbons (Fsp3) is 0.444. The highest BCUT2D eigenvalue weighted by Crippen LogP contribution is 2.11. The average molecular weight is 228 g/mol. The molecule has 1 heterocycles. The third-order valence-corrected chi connectivity index (χ3v) is 2.10. The predicted octanol–water partition coefficient (Wildman–Crippen LogP) is 0.916. The molecule has 84 valence electrons. The van der Waals surface area contributed by atoms with Gasteiger partial charge in [-0.15, -0.1) is 11.3 Å². The maximum absolute atomic E-state index is 11.2. The Hall–Kier alpha value is -1.43. The molecule has 0 aliphatic rings. The van der Waals surface area contributed by atoms with E-state index in [-0.39, 0.29) is 5.91 Å². The van der Waals surface area contributed by atoms with E-state index in [0.29, 0.717) is 16.5 Å². The second-order valence-corrected chi connectivity index (χ2v) is 3.11. The molecule has 0 saturated heterocycles. The Morgan fingerprint density at radius 1 is 1.60 bits per heavy atom. The third-order valence-electron chi connectivity index (χ3n) is 1.43. The highest BCUT2D eigenvalue weighted by atomic mass is 32.1. The third kappa shape index (κ3) is 3.67. The molecule has 0 radical (unpaired) electrons. The number of thiazole rings is 1. The van der Waals surface area contributed by atoms with Gasteiger partial charge in [0.05, 0.1) is 0 Å². The molecule has 3 N–H and O–H groups in total. The lowest BCUT2D eigenvalue weighted by Gasteiger charge is -1.98. The van der Waals surface area contributed by atoms with Gasteiger partial charge < -0.3 is 11.1 Å². The van der Waals surface area contributed by atoms with Gasteiger partial charge in [-0.05, 0) is 0 Å². The summed E-state index contributed by atoms with van der Waals surface area (Å²) in [6, 6.07) is 0. The van der Waals surface area contributed by atoms with Gasteiger partial charge in [-0.25, -0.2) is 4.98 Å². The second-order valence-electron chi connectivity index (χ2n) is 2.22. The molecule has 6 heteroatoms. The summed E-state index contributed by atoms with van der Waals surface area (Å²) in [5.74, 6) is -0.257. The molecule has 15 heavy (non-hydrogen) atoms. The molecule has 1 aromatic rings. The highest BCUT2D eigenvalue weighted by Gasteiger charge is 2.13. The first-order chi connectivity index (χ1) is 7.19. The zero-order chi connectivity index (χ0) is 11.8. The normalized spacial score (nSPS) is 10.3. The molecule has 5 nitrogen and oxygen atoms in total. The van der Waals surface area contributed by atoms with Gasteiger partial charge in [-0.1, -0.05) is 13.8 Å². The Kier molecular flexibility index (Phi) is 6.28. The molecule has 0 aliphatic carbocycles. The zero-order valence-electron chi connectivity index (χ0n) is 9.37. The van der Waals surface area contributed by atoms with Gasteiger partial charge in [0.15, 0.2) is 5.13 Å². The number of amides is 1. The lowest BCUT2D eigenvalue weighted by Crippen LogP contribution is -2.28. The largest absolute Gasteiger partial charge is 0.375 e. The van der Waals surface area contributed by atoms with Crippen LogP contribution in [-0.2, 0) is 4.79 Å². The van der Waals surface area contributed by atoms with Crippen molar-refractivity contribution in [1.29, 1.82) is 0 Å². The van der Waals surface area contributed by atoms with Gasteiger partial charge in [-0.3, -0.25) is 9.79 Å². The van der Waals surface area contributed by atoms with Crippen molar-refractivity contribution < 1.29 is 4.79 Å². The minimum absolute atomic E-state index is 0.257. The summed E-state index contributed by atoms with van der Waals surface area (Å²) in [4.78, 5) is 19.0. The molecule has 0 unspecified atom stereocenters. The Bertz CT molecular complexity index is 346. The number of nitrogens with zero attached hydrogens (tertiary/aromatic N) is 2. The number of likely N-dealkylation sites (N-methyl/N-ethyl adjacent to an activating group) is 1. The molecule has 1 amide bonds. The second kappa shape index (κ2) is 6.94. The van der Waals surface area contributed by atoms with Crippen molar-refractivity contribution in [3.05, 3.63) is 11.1 Å². The molecular weight excluding hydrogens is 212 g/mol. The van der Waals surface area contributed by atoms with Crippen molar-refractivity contribution in [2.24, 2.45) is 4.99 Å². The van der Waals surface area contributed by atoms with Crippen molar-refractivity contribution in [2.45, 2.75) is 13.8 Å². The number of nitrogens with two attached hydrogens (primary N) is 1. The number of hydrogen-bond acceptors (Lipinski definition) is 5. The van der Waals surface area contributed by atoms with E-state index in [2.05, 4.69) is 15.3 Å². The van der Waals surface area contributed by atoms with Gasteiger partial charge in [0.1, 0.15) is 11.4 Å². The van der Waals surface area contributed by atoms with Crippen LogP contribution in [0.3, 0.4) is 0 Å². The predicted molar refractivity (Wildman–Crippen MR) is 64.4 cm³/mol. The van der Waals surface area contributed by atoms with E-state index in [0.717, 1.165) is 0 Å². The number of carbonyl (C=O) groups excluding carboxylic acids is 1. The molecule has 0 aliphatic heterocycles. The molecule has 0 saturated carbocycles. The minimum atomic E-state index is -0.257. The Morgan fingerprint density at radius 3 is 2.53 bits per heavy atom. The van der Waals surface area contributed by atoms with E-state index in [9.17, 15) is 4.79 Å². The number of hydrogen-bond donors (Lipinski definition) is 2. The first-order valence-corrected chi connectivity index (χ1v) is 5.47. The lowest BCUT2D eigenvalue weighted by molar-refractivity contribution is -0.114. The number of rotatable bonds is 2. The smallest absolute Gasteiger partial charge is 0.271 e. The Labute approximate surface area is 93.4 Å². The number of nitrogen functional groups attached to an aromatic ring is 1. The van der Waals surface area contributed by atoms with Gasteiger partial charge >= 0.3 is 0 Å². The van der Waals surface area contributed by atoms with E-state index in [4.69, 9.17) is 5.73 Å². The number of aromatic nitrogens is 1. The summed E-state index contributed by atoms with van der Waals surface area (Å²) in [5.41, 5.74) is 6.25. The molecule has 1 aromatic heterocycles. The van der Waals surface area contributed by atoms with Crippen LogP contribution in [0.15, 0.2) is 10.4 Å². The van der Waals surface area contributed by atoms with E-state index in [1.54, 1.807) is 19.5 Å². The zero-order valence-corrected chi connectivity index (χ0v) is 10.2. The highest BCUT2D eigenvalue weighted by molar-refractivity contribution is 7.13. The van der Waals surface area contributed by atoms with Crippen LogP contribution >= 0.6 is 11.3 Å². The van der Waals surface area contributed by atoms with Crippen LogP contribution in [0, 0.1) is 0 Å². The molecule has 1 rings (SSSR count). The summed E-state index contributed by atoms with van der Waals surface area (Å²) in [6.45, 7) is 4.00. The summed E-state index contributed by atoms with van der Waals surface area (Å²) >= 11 is 1.28. The van der Waals surface area contributed by atoms with Crippen LogP contribution in [0.1, 0.15) is 19.5 Å². The summed E-state index contributed by atoms with van der Waals surface area (Å²) < 4.78 is 0. The van der Waals surface area contributed by atoms with Crippen LogP contribution in [0.25, 0.3) is 0 Å². The summed E-state index contributed by atoms with van der Waals surface area (Å²) in [6.07, 6.45) is 0. The van der Waals surface area contributed by atoms with Crippen LogP contribution in [-0.4, -0.2) is 30.7 Å².